The van der Waals surface area contributed by atoms with Gasteiger partial charge < -0.3 is 5.32 Å². The average molecular weight is 440 g/mol. The molecular weight excluding hydrogens is 410 g/mol. The van der Waals surface area contributed by atoms with Crippen LogP contribution in [0.1, 0.15) is 38.5 Å². The summed E-state index contributed by atoms with van der Waals surface area (Å²) in [6.07, 6.45) is 7.15. The van der Waals surface area contributed by atoms with Crippen molar-refractivity contribution in [2.45, 2.75) is 44.6 Å². The normalized spacial score (nSPS) is 36.8. The minimum absolute atomic E-state index is 0.0161. The Balaban J connectivity index is 1.25. The molecule has 1 aromatic carbocycles. The van der Waals surface area contributed by atoms with E-state index in [1.54, 1.807) is 22.5 Å². The minimum atomic E-state index is -3.24. The second-order valence-corrected chi connectivity index (χ2v) is 11.7. The van der Waals surface area contributed by atoms with Crippen molar-refractivity contribution in [1.82, 2.24) is 9.62 Å². The highest BCUT2D eigenvalue weighted by Crippen LogP contribution is 2.54. The Morgan fingerprint density at radius 3 is 2.45 bits per heavy atom. The van der Waals surface area contributed by atoms with Gasteiger partial charge in [0.25, 0.3) is 0 Å². The summed E-state index contributed by atoms with van der Waals surface area (Å²) >= 11 is 6.09. The molecule has 0 aromatic heterocycles. The van der Waals surface area contributed by atoms with E-state index in [0.717, 1.165) is 18.3 Å². The van der Waals surface area contributed by atoms with E-state index in [0.29, 0.717) is 35.6 Å². The average Bonchev–Trinajstić information content (AvgIpc) is 2.65. The van der Waals surface area contributed by atoms with Crippen molar-refractivity contribution in [3.8, 4) is 0 Å². The van der Waals surface area contributed by atoms with Crippen LogP contribution in [-0.4, -0.2) is 45.0 Å². The summed E-state index contributed by atoms with van der Waals surface area (Å²) < 4.78 is 25.0. The fraction of sp³-hybridized carbons (Fsp3) is 0.667. The Morgan fingerprint density at radius 1 is 1.10 bits per heavy atom. The van der Waals surface area contributed by atoms with Gasteiger partial charge in [0.05, 0.1) is 12.2 Å². The first kappa shape index (κ1) is 19.9. The first-order chi connectivity index (χ1) is 13.9. The molecule has 5 fully saturated rings. The highest BCUT2D eigenvalue weighted by molar-refractivity contribution is 8.23. The summed E-state index contributed by atoms with van der Waals surface area (Å²) in [5.41, 5.74) is 0.670. The predicted molar refractivity (Wildman–Crippen MR) is 117 cm³/mol. The van der Waals surface area contributed by atoms with Gasteiger partial charge in [-0.25, -0.2) is 0 Å². The van der Waals surface area contributed by atoms with Gasteiger partial charge in [0.15, 0.2) is 0 Å². The summed E-state index contributed by atoms with van der Waals surface area (Å²) in [7, 11) is -3.24. The molecular formula is C21H30ClN3O3S. The summed E-state index contributed by atoms with van der Waals surface area (Å²) in [4.78, 5) is 12.9. The Labute approximate surface area is 179 Å². The van der Waals surface area contributed by atoms with Crippen molar-refractivity contribution in [2.75, 3.05) is 23.9 Å². The topological polar surface area (TPSA) is 76.0 Å². The molecule has 160 valence electrons. The molecule has 4 bridgehead atoms. The SMILES string of the molecule is O=C(CN1CCCN(c2cccc(Cl)c2)S1(O)O)NC1C2CC3CC(C2)CC1C3. The number of hydrogen-bond acceptors (Lipinski definition) is 5. The van der Waals surface area contributed by atoms with E-state index < -0.39 is 11.0 Å². The van der Waals surface area contributed by atoms with Crippen LogP contribution in [0.15, 0.2) is 24.3 Å². The van der Waals surface area contributed by atoms with Gasteiger partial charge in [-0.1, -0.05) is 28.6 Å². The van der Waals surface area contributed by atoms with E-state index in [4.69, 9.17) is 11.6 Å². The van der Waals surface area contributed by atoms with E-state index in [9.17, 15) is 13.9 Å². The molecule has 0 spiro atoms. The molecule has 0 unspecified atom stereocenters. The van der Waals surface area contributed by atoms with Crippen molar-refractivity contribution in [3.63, 3.8) is 0 Å². The molecule has 3 N–H and O–H groups in total. The van der Waals surface area contributed by atoms with Crippen LogP contribution in [0.25, 0.3) is 0 Å². The Bertz CT molecular complexity index is 764. The molecule has 8 heteroatoms. The molecule has 4 aliphatic carbocycles. The molecule has 6 nitrogen and oxygen atoms in total. The number of benzene rings is 1. The lowest BCUT2D eigenvalue weighted by Crippen LogP contribution is -2.57. The van der Waals surface area contributed by atoms with Crippen LogP contribution < -0.4 is 9.62 Å². The summed E-state index contributed by atoms with van der Waals surface area (Å²) in [5, 5.41) is 3.83. The van der Waals surface area contributed by atoms with Crippen molar-refractivity contribution in [1.29, 1.82) is 0 Å². The zero-order valence-electron chi connectivity index (χ0n) is 16.5. The van der Waals surface area contributed by atoms with E-state index >= 15 is 0 Å². The number of nitrogens with one attached hydrogen (secondary N) is 1. The number of carbonyl (C=O) groups excluding carboxylic acids is 1. The van der Waals surface area contributed by atoms with Crippen molar-refractivity contribution < 1.29 is 13.9 Å². The van der Waals surface area contributed by atoms with Gasteiger partial charge in [0.1, 0.15) is 0 Å². The Kier molecular flexibility index (Phi) is 5.23. The maximum atomic E-state index is 12.9. The first-order valence-corrected chi connectivity index (χ1v) is 12.6. The number of anilines is 1. The van der Waals surface area contributed by atoms with Gasteiger partial charge >= 0.3 is 0 Å². The van der Waals surface area contributed by atoms with Crippen LogP contribution in [0.5, 0.6) is 0 Å². The standard InChI is InChI=1S/C21H30ClN3O3S/c22-18-3-1-4-19(12-18)25-6-2-5-24(29(25,27)28)13-20(26)23-21-16-8-14-7-15(10-16)11-17(21)9-14/h1,3-4,12,14-17,21,27-28H,2,5-11,13H2,(H,23,26). The lowest BCUT2D eigenvalue weighted by molar-refractivity contribution is -0.125. The number of halogens is 1. The Hall–Kier alpha value is -0.990. The third-order valence-corrected chi connectivity index (χ3v) is 9.61. The third-order valence-electron chi connectivity index (χ3n) is 7.38. The summed E-state index contributed by atoms with van der Waals surface area (Å²) in [6, 6.07) is 7.37. The lowest BCUT2D eigenvalue weighted by atomic mass is 9.54. The molecule has 0 radical (unpaired) electrons. The first-order valence-electron chi connectivity index (χ1n) is 10.8. The van der Waals surface area contributed by atoms with E-state index in [1.165, 1.54) is 36.4 Å². The van der Waals surface area contributed by atoms with E-state index in [2.05, 4.69) is 5.32 Å². The predicted octanol–water partition coefficient (Wildman–Crippen LogP) is 4.37. The quantitative estimate of drug-likeness (QED) is 0.649. The molecule has 0 atom stereocenters. The van der Waals surface area contributed by atoms with Crippen molar-refractivity contribution in [3.05, 3.63) is 29.3 Å². The van der Waals surface area contributed by atoms with Crippen LogP contribution in [0, 0.1) is 23.7 Å². The van der Waals surface area contributed by atoms with Gasteiger partial charge in [0, 0.05) is 24.2 Å². The zero-order chi connectivity index (χ0) is 20.2. The molecule has 1 aliphatic heterocycles. The van der Waals surface area contributed by atoms with Crippen LogP contribution in [-0.2, 0) is 4.79 Å². The molecule has 1 amide bonds. The number of amides is 1. The van der Waals surface area contributed by atoms with Gasteiger partial charge in [-0.2, -0.15) is 4.31 Å². The van der Waals surface area contributed by atoms with Gasteiger partial charge in [-0.3, -0.25) is 18.2 Å². The Morgan fingerprint density at radius 2 is 1.79 bits per heavy atom. The van der Waals surface area contributed by atoms with Gasteiger partial charge in [-0.15, -0.1) is 0 Å². The molecule has 29 heavy (non-hydrogen) atoms. The smallest absolute Gasteiger partial charge is 0.236 e. The van der Waals surface area contributed by atoms with E-state index in [1.807, 2.05) is 6.07 Å². The fourth-order valence-electron chi connectivity index (χ4n) is 6.40. The molecule has 4 saturated carbocycles. The number of rotatable bonds is 4. The second-order valence-electron chi connectivity index (χ2n) is 9.31. The maximum absolute atomic E-state index is 12.9. The summed E-state index contributed by atoms with van der Waals surface area (Å²) in [6.45, 7) is 1.03. The largest absolute Gasteiger partial charge is 0.352 e. The lowest BCUT2D eigenvalue weighted by Gasteiger charge is -2.55. The molecule has 1 aromatic rings. The summed E-state index contributed by atoms with van der Waals surface area (Å²) in [5.74, 6) is 2.87. The van der Waals surface area contributed by atoms with E-state index in [-0.39, 0.29) is 18.5 Å². The van der Waals surface area contributed by atoms with Crippen molar-refractivity contribution in [2.24, 2.45) is 23.7 Å². The fourth-order valence-corrected chi connectivity index (χ4v) is 8.29. The van der Waals surface area contributed by atoms with Crippen LogP contribution in [0.4, 0.5) is 5.69 Å². The number of hydrogen-bond donors (Lipinski definition) is 3. The monoisotopic (exact) mass is 439 g/mol. The van der Waals surface area contributed by atoms with Crippen LogP contribution >= 0.6 is 22.6 Å². The minimum Gasteiger partial charge on any atom is -0.352 e. The zero-order valence-corrected chi connectivity index (χ0v) is 18.1. The third kappa shape index (κ3) is 3.76. The second kappa shape index (κ2) is 7.61. The maximum Gasteiger partial charge on any atom is 0.236 e. The van der Waals surface area contributed by atoms with Gasteiger partial charge in [-0.05, 0) is 80.4 Å². The molecule has 5 aliphatic rings. The molecule has 6 rings (SSSR count). The number of nitrogens with zero attached hydrogens (tertiary/aromatic N) is 2. The highest BCUT2D eigenvalue weighted by Gasteiger charge is 2.48. The molecule has 1 saturated heterocycles. The van der Waals surface area contributed by atoms with Gasteiger partial charge in [0.2, 0.25) is 5.91 Å². The van der Waals surface area contributed by atoms with Crippen molar-refractivity contribution >= 4 is 34.2 Å². The van der Waals surface area contributed by atoms with Crippen LogP contribution in [0.3, 0.4) is 0 Å². The highest BCUT2D eigenvalue weighted by atomic mass is 35.5. The van der Waals surface area contributed by atoms with Crippen LogP contribution in [0.2, 0.25) is 5.02 Å². The number of carbonyl (C=O) groups is 1. The molecule has 1 heterocycles.